The van der Waals surface area contributed by atoms with E-state index in [1.807, 2.05) is 55.5 Å². The summed E-state index contributed by atoms with van der Waals surface area (Å²) in [7, 11) is 0. The summed E-state index contributed by atoms with van der Waals surface area (Å²) in [5.41, 5.74) is 2.70. The fourth-order valence-corrected chi connectivity index (χ4v) is 5.28. The molecule has 0 spiro atoms. The number of anilines is 2. The Balaban J connectivity index is 1.12. The van der Waals surface area contributed by atoms with Gasteiger partial charge in [0, 0.05) is 16.6 Å². The molecule has 6 nitrogen and oxygen atoms in total. The second kappa shape index (κ2) is 9.63. The molecule has 4 aromatic rings. The summed E-state index contributed by atoms with van der Waals surface area (Å²) in [4.78, 5) is 40.0. The van der Waals surface area contributed by atoms with Crippen molar-refractivity contribution in [2.24, 2.45) is 11.8 Å². The van der Waals surface area contributed by atoms with Crippen molar-refractivity contribution >= 4 is 39.9 Å². The third-order valence-corrected chi connectivity index (χ3v) is 7.30. The largest absolute Gasteiger partial charge is 0.457 e. The fraction of sp³-hybridized carbons (Fsp3) is 0.156. The number of fused-ring (bicyclic) bond motifs is 2. The van der Waals surface area contributed by atoms with Gasteiger partial charge < -0.3 is 10.1 Å². The van der Waals surface area contributed by atoms with Crippen LogP contribution in [0.15, 0.2) is 103 Å². The number of ether oxygens (including phenoxy) is 1. The van der Waals surface area contributed by atoms with E-state index in [9.17, 15) is 14.4 Å². The second-order valence-electron chi connectivity index (χ2n) is 9.82. The van der Waals surface area contributed by atoms with Gasteiger partial charge in [0.2, 0.25) is 11.8 Å². The monoisotopic (exact) mass is 502 g/mol. The van der Waals surface area contributed by atoms with Crippen LogP contribution in [-0.4, -0.2) is 17.7 Å². The molecular weight excluding hydrogens is 476 g/mol. The predicted octanol–water partition coefficient (Wildman–Crippen LogP) is 6.73. The number of nitrogens with one attached hydrogen (secondary N) is 1. The zero-order valence-corrected chi connectivity index (χ0v) is 20.9. The molecule has 1 N–H and O–H groups in total. The minimum absolute atomic E-state index is 0.157. The lowest BCUT2D eigenvalue weighted by Gasteiger charge is -2.18. The Kier molecular flexibility index (Phi) is 6.00. The zero-order valence-electron chi connectivity index (χ0n) is 20.9. The van der Waals surface area contributed by atoms with E-state index in [1.54, 1.807) is 48.5 Å². The summed E-state index contributed by atoms with van der Waals surface area (Å²) in [6.45, 7) is 2.00. The third kappa shape index (κ3) is 4.34. The van der Waals surface area contributed by atoms with Gasteiger partial charge in [0.25, 0.3) is 5.91 Å². The number of nitrogens with zero attached hydrogens (tertiary/aromatic N) is 1. The normalized spacial score (nSPS) is 18.8. The van der Waals surface area contributed by atoms with Gasteiger partial charge in [-0.05, 0) is 79.7 Å². The Morgan fingerprint density at radius 3 is 2.34 bits per heavy atom. The Labute approximate surface area is 220 Å². The van der Waals surface area contributed by atoms with E-state index < -0.39 is 0 Å². The lowest BCUT2D eigenvalue weighted by Crippen LogP contribution is -2.30. The van der Waals surface area contributed by atoms with Crippen LogP contribution in [-0.2, 0) is 9.59 Å². The smallest absolute Gasteiger partial charge is 0.255 e. The second-order valence-corrected chi connectivity index (χ2v) is 9.82. The van der Waals surface area contributed by atoms with Crippen LogP contribution in [0.4, 0.5) is 11.4 Å². The average molecular weight is 503 g/mol. The van der Waals surface area contributed by atoms with Crippen molar-refractivity contribution in [2.45, 2.75) is 19.8 Å². The van der Waals surface area contributed by atoms with Crippen molar-refractivity contribution in [3.63, 3.8) is 0 Å². The van der Waals surface area contributed by atoms with Crippen molar-refractivity contribution < 1.29 is 19.1 Å². The minimum Gasteiger partial charge on any atom is -0.457 e. The van der Waals surface area contributed by atoms with Crippen LogP contribution in [0.2, 0.25) is 0 Å². The van der Waals surface area contributed by atoms with Gasteiger partial charge in [0.15, 0.2) is 0 Å². The molecule has 1 fully saturated rings. The molecule has 2 atom stereocenters. The highest BCUT2D eigenvalue weighted by Crippen LogP contribution is 2.39. The molecule has 6 rings (SSSR count). The average Bonchev–Trinajstić information content (AvgIpc) is 3.18. The van der Waals surface area contributed by atoms with Gasteiger partial charge in [-0.2, -0.15) is 0 Å². The molecule has 1 aliphatic carbocycles. The van der Waals surface area contributed by atoms with Crippen molar-refractivity contribution in [1.29, 1.82) is 0 Å². The van der Waals surface area contributed by atoms with Gasteiger partial charge in [0.1, 0.15) is 11.5 Å². The van der Waals surface area contributed by atoms with Crippen molar-refractivity contribution in [2.75, 3.05) is 10.2 Å². The molecule has 1 saturated heterocycles. The number of benzene rings is 4. The summed E-state index contributed by atoms with van der Waals surface area (Å²) >= 11 is 0. The number of amides is 3. The van der Waals surface area contributed by atoms with E-state index in [0.29, 0.717) is 35.5 Å². The Hall–Kier alpha value is -4.71. The molecule has 0 unspecified atom stereocenters. The Morgan fingerprint density at radius 2 is 1.55 bits per heavy atom. The first-order valence-corrected chi connectivity index (χ1v) is 12.7. The molecule has 3 amide bonds. The molecule has 6 heteroatoms. The molecule has 0 aromatic heterocycles. The lowest BCUT2D eigenvalue weighted by atomic mass is 9.82. The van der Waals surface area contributed by atoms with Crippen LogP contribution in [0, 0.1) is 11.8 Å². The number of hydrogen-bond donors (Lipinski definition) is 1. The quantitative estimate of drug-likeness (QED) is 0.243. The van der Waals surface area contributed by atoms with Gasteiger partial charge >= 0.3 is 0 Å². The molecule has 188 valence electrons. The summed E-state index contributed by atoms with van der Waals surface area (Å²) < 4.78 is 6.08. The van der Waals surface area contributed by atoms with Gasteiger partial charge in [0.05, 0.1) is 17.5 Å². The van der Waals surface area contributed by atoms with E-state index in [4.69, 9.17) is 4.74 Å². The number of imide groups is 1. The van der Waals surface area contributed by atoms with Crippen LogP contribution < -0.4 is 15.0 Å². The molecule has 1 heterocycles. The Bertz CT molecular complexity index is 1580. The summed E-state index contributed by atoms with van der Waals surface area (Å²) in [6, 6.07) is 27.7. The minimum atomic E-state index is -0.290. The van der Waals surface area contributed by atoms with Gasteiger partial charge in [-0.15, -0.1) is 0 Å². The SMILES string of the molecule is CC1=CC[C@H]2C(=O)N(c3ccc(C(=O)Nc4ccc(Oc5cccc6ccccc56)cc4)cc3)C(=O)[C@H]2C1. The van der Waals surface area contributed by atoms with E-state index in [-0.39, 0.29) is 29.6 Å². The summed E-state index contributed by atoms with van der Waals surface area (Å²) in [6.07, 6.45) is 3.27. The van der Waals surface area contributed by atoms with Gasteiger partial charge in [-0.25, -0.2) is 0 Å². The topological polar surface area (TPSA) is 75.7 Å². The van der Waals surface area contributed by atoms with E-state index in [0.717, 1.165) is 22.1 Å². The van der Waals surface area contributed by atoms with Crippen molar-refractivity contribution in [3.05, 3.63) is 108 Å². The van der Waals surface area contributed by atoms with Crippen LogP contribution >= 0.6 is 0 Å². The standard InChI is InChI=1S/C32H26N2O4/c1-20-9-18-27-28(19-20)32(37)34(31(27)36)24-14-10-22(11-15-24)30(35)33-23-12-16-25(17-13-23)38-29-8-4-6-21-5-2-3-7-26(21)29/h2-17,27-28H,18-19H2,1H3,(H,33,35)/t27-,28+/m1/s1. The highest BCUT2D eigenvalue weighted by molar-refractivity contribution is 6.22. The summed E-state index contributed by atoms with van der Waals surface area (Å²) in [5, 5.41) is 5.01. The number of rotatable bonds is 5. The van der Waals surface area contributed by atoms with E-state index in [2.05, 4.69) is 5.32 Å². The van der Waals surface area contributed by atoms with Crippen LogP contribution in [0.5, 0.6) is 11.5 Å². The number of allylic oxidation sites excluding steroid dienone is 2. The number of carbonyl (C=O) groups is 3. The van der Waals surface area contributed by atoms with Gasteiger partial charge in [-0.3, -0.25) is 19.3 Å². The van der Waals surface area contributed by atoms with Crippen molar-refractivity contribution in [3.8, 4) is 11.5 Å². The predicted molar refractivity (Wildman–Crippen MR) is 147 cm³/mol. The van der Waals surface area contributed by atoms with Crippen LogP contribution in [0.1, 0.15) is 30.1 Å². The molecule has 4 aromatic carbocycles. The zero-order chi connectivity index (χ0) is 26.2. The molecular formula is C32H26N2O4. The number of carbonyl (C=O) groups excluding carboxylic acids is 3. The first kappa shape index (κ1) is 23.7. The molecule has 0 radical (unpaired) electrons. The molecule has 38 heavy (non-hydrogen) atoms. The fourth-order valence-electron chi connectivity index (χ4n) is 5.28. The van der Waals surface area contributed by atoms with Crippen LogP contribution in [0.3, 0.4) is 0 Å². The highest BCUT2D eigenvalue weighted by atomic mass is 16.5. The van der Waals surface area contributed by atoms with E-state index >= 15 is 0 Å². The summed E-state index contributed by atoms with van der Waals surface area (Å²) in [5.74, 6) is 0.244. The maximum atomic E-state index is 13.0. The molecule has 1 aliphatic heterocycles. The highest BCUT2D eigenvalue weighted by Gasteiger charge is 2.48. The Morgan fingerprint density at radius 1 is 0.842 bits per heavy atom. The first-order valence-electron chi connectivity index (χ1n) is 12.7. The van der Waals surface area contributed by atoms with Crippen LogP contribution in [0.25, 0.3) is 10.8 Å². The maximum absolute atomic E-state index is 13.0. The third-order valence-electron chi connectivity index (χ3n) is 7.30. The van der Waals surface area contributed by atoms with Gasteiger partial charge in [-0.1, -0.05) is 48.0 Å². The molecule has 0 bridgehead atoms. The molecule has 0 saturated carbocycles. The maximum Gasteiger partial charge on any atom is 0.255 e. The first-order chi connectivity index (χ1) is 18.5. The molecule has 2 aliphatic rings. The number of hydrogen-bond acceptors (Lipinski definition) is 4. The van der Waals surface area contributed by atoms with E-state index in [1.165, 1.54) is 4.90 Å². The lowest BCUT2D eigenvalue weighted by molar-refractivity contribution is -0.122. The van der Waals surface area contributed by atoms with Crippen molar-refractivity contribution in [1.82, 2.24) is 0 Å².